The molecule has 0 saturated carbocycles. The molecule has 4 aromatic rings. The van der Waals surface area contributed by atoms with Crippen LogP contribution in [0, 0.1) is 0 Å². The Morgan fingerprint density at radius 1 is 0.853 bits per heavy atom. The van der Waals surface area contributed by atoms with Crippen molar-refractivity contribution in [2.75, 3.05) is 11.0 Å². The predicted octanol–water partition coefficient (Wildman–Crippen LogP) is 4.00. The molecule has 10 heteroatoms. The molecule has 0 unspecified atom stereocenters. The number of carbonyl (C=O) groups is 2. The monoisotopic (exact) mass is 494 g/mol. The third kappa shape index (κ3) is 5.51. The van der Waals surface area contributed by atoms with E-state index in [1.165, 1.54) is 24.3 Å². The van der Waals surface area contributed by atoms with Crippen LogP contribution in [0.5, 0.6) is 0 Å². The van der Waals surface area contributed by atoms with E-state index >= 15 is 0 Å². The molecule has 0 bridgehead atoms. The van der Waals surface area contributed by atoms with Gasteiger partial charge in [-0.25, -0.2) is 13.4 Å². The van der Waals surface area contributed by atoms with Gasteiger partial charge in [0.1, 0.15) is 0 Å². The Labute approximate surface area is 201 Å². The number of hydrazine groups is 1. The number of pyridine rings is 1. The van der Waals surface area contributed by atoms with Gasteiger partial charge in [0.15, 0.2) is 0 Å². The van der Waals surface area contributed by atoms with E-state index in [1.54, 1.807) is 48.5 Å². The Morgan fingerprint density at radius 3 is 2.29 bits per heavy atom. The van der Waals surface area contributed by atoms with Gasteiger partial charge in [-0.3, -0.25) is 25.2 Å². The zero-order chi connectivity index (χ0) is 24.3. The van der Waals surface area contributed by atoms with Crippen LogP contribution in [-0.2, 0) is 10.0 Å². The van der Waals surface area contributed by atoms with Crippen molar-refractivity contribution in [1.82, 2.24) is 15.8 Å². The molecule has 0 aliphatic heterocycles. The van der Waals surface area contributed by atoms with E-state index in [-0.39, 0.29) is 11.3 Å². The molecule has 3 N–H and O–H groups in total. The topological polar surface area (TPSA) is 117 Å². The number of rotatable bonds is 5. The van der Waals surface area contributed by atoms with Crippen LogP contribution in [0.2, 0.25) is 5.02 Å². The van der Waals surface area contributed by atoms with E-state index in [9.17, 15) is 18.0 Å². The summed E-state index contributed by atoms with van der Waals surface area (Å²) in [5, 5.41) is 1.20. The maximum Gasteiger partial charge on any atom is 0.270 e. The van der Waals surface area contributed by atoms with Crippen molar-refractivity contribution in [3.8, 4) is 11.3 Å². The third-order valence-corrected chi connectivity index (χ3v) is 5.68. The van der Waals surface area contributed by atoms with Crippen LogP contribution in [0.15, 0.2) is 78.9 Å². The summed E-state index contributed by atoms with van der Waals surface area (Å²) in [5.41, 5.74) is 7.47. The molecule has 0 atom stereocenters. The highest BCUT2D eigenvalue weighted by Gasteiger charge is 2.16. The lowest BCUT2D eigenvalue weighted by Gasteiger charge is -2.12. The minimum absolute atomic E-state index is 0.162. The third-order valence-electron chi connectivity index (χ3n) is 4.82. The van der Waals surface area contributed by atoms with Crippen LogP contribution in [0.3, 0.4) is 0 Å². The summed E-state index contributed by atoms with van der Waals surface area (Å²) < 4.78 is 25.2. The Hall–Kier alpha value is -3.95. The Balaban J connectivity index is 1.58. The van der Waals surface area contributed by atoms with E-state index < -0.39 is 21.8 Å². The van der Waals surface area contributed by atoms with Gasteiger partial charge < -0.3 is 0 Å². The summed E-state index contributed by atoms with van der Waals surface area (Å²) in [6, 6.07) is 21.8. The van der Waals surface area contributed by atoms with Gasteiger partial charge in [-0.05, 0) is 42.5 Å². The van der Waals surface area contributed by atoms with Crippen molar-refractivity contribution in [3.63, 3.8) is 0 Å². The number of carbonyl (C=O) groups excluding carboxylic acids is 2. The van der Waals surface area contributed by atoms with Gasteiger partial charge in [0.2, 0.25) is 10.0 Å². The fraction of sp³-hybridized carbons (Fsp3) is 0.0417. The molecular weight excluding hydrogens is 476 g/mol. The van der Waals surface area contributed by atoms with Gasteiger partial charge >= 0.3 is 0 Å². The molecular formula is C24H19ClN4O4S. The number of aromatic nitrogens is 1. The first-order chi connectivity index (χ1) is 16.2. The molecule has 4 rings (SSSR count). The fourth-order valence-electron chi connectivity index (χ4n) is 3.32. The van der Waals surface area contributed by atoms with Crippen LogP contribution in [-0.4, -0.2) is 31.5 Å². The molecule has 0 aliphatic carbocycles. The van der Waals surface area contributed by atoms with Crippen molar-refractivity contribution < 1.29 is 18.0 Å². The minimum Gasteiger partial charge on any atom is -0.284 e. The highest BCUT2D eigenvalue weighted by molar-refractivity contribution is 7.92. The van der Waals surface area contributed by atoms with Crippen molar-refractivity contribution in [2.24, 2.45) is 0 Å². The van der Waals surface area contributed by atoms with E-state index in [2.05, 4.69) is 20.6 Å². The van der Waals surface area contributed by atoms with Gasteiger partial charge in [0.25, 0.3) is 11.8 Å². The molecule has 0 saturated heterocycles. The average Bonchev–Trinajstić information content (AvgIpc) is 2.81. The molecule has 8 nitrogen and oxygen atoms in total. The lowest BCUT2D eigenvalue weighted by atomic mass is 10.0. The zero-order valence-electron chi connectivity index (χ0n) is 17.9. The van der Waals surface area contributed by atoms with Crippen molar-refractivity contribution >= 4 is 50.0 Å². The minimum atomic E-state index is -3.50. The van der Waals surface area contributed by atoms with Crippen molar-refractivity contribution in [3.05, 3.63) is 95.0 Å². The summed E-state index contributed by atoms with van der Waals surface area (Å²) in [7, 11) is -3.50. The van der Waals surface area contributed by atoms with Crippen LogP contribution in [0.25, 0.3) is 22.2 Å². The number of para-hydroxylation sites is 1. The SMILES string of the molecule is CS(=O)(=O)Nc1cccc(C(=O)NNC(=O)c2cc(-c3ccc(Cl)cc3)nc3ccccc23)c1. The second-order valence-corrected chi connectivity index (χ2v) is 9.63. The van der Waals surface area contributed by atoms with Crippen molar-refractivity contribution in [2.45, 2.75) is 0 Å². The molecule has 172 valence electrons. The largest absolute Gasteiger partial charge is 0.284 e. The van der Waals surface area contributed by atoms with E-state index in [0.717, 1.165) is 11.8 Å². The first-order valence-corrected chi connectivity index (χ1v) is 12.3. The van der Waals surface area contributed by atoms with E-state index in [4.69, 9.17) is 11.6 Å². The lowest BCUT2D eigenvalue weighted by Crippen LogP contribution is -2.41. The number of amides is 2. The van der Waals surface area contributed by atoms with Crippen LogP contribution < -0.4 is 15.6 Å². The predicted molar refractivity (Wildman–Crippen MR) is 132 cm³/mol. The smallest absolute Gasteiger partial charge is 0.270 e. The number of sulfonamides is 1. The quantitative estimate of drug-likeness (QED) is 0.362. The van der Waals surface area contributed by atoms with E-state index in [0.29, 0.717) is 27.2 Å². The summed E-state index contributed by atoms with van der Waals surface area (Å²) in [4.78, 5) is 30.2. The zero-order valence-corrected chi connectivity index (χ0v) is 19.4. The fourth-order valence-corrected chi connectivity index (χ4v) is 4.00. The molecule has 0 aliphatic rings. The second-order valence-electron chi connectivity index (χ2n) is 7.44. The van der Waals surface area contributed by atoms with Crippen LogP contribution in [0.1, 0.15) is 20.7 Å². The molecule has 0 radical (unpaired) electrons. The maximum atomic E-state index is 13.0. The molecule has 0 fully saturated rings. The summed E-state index contributed by atoms with van der Waals surface area (Å²) >= 11 is 5.98. The normalized spacial score (nSPS) is 11.1. The lowest BCUT2D eigenvalue weighted by molar-refractivity contribution is 0.0847. The Morgan fingerprint density at radius 2 is 1.56 bits per heavy atom. The summed E-state index contributed by atoms with van der Waals surface area (Å²) in [6.07, 6.45) is 1.01. The van der Waals surface area contributed by atoms with Gasteiger partial charge in [-0.15, -0.1) is 0 Å². The van der Waals surface area contributed by atoms with E-state index in [1.807, 2.05) is 6.07 Å². The van der Waals surface area contributed by atoms with Gasteiger partial charge in [0, 0.05) is 27.2 Å². The number of nitrogens with one attached hydrogen (secondary N) is 3. The molecule has 1 heterocycles. The molecule has 2 amide bonds. The number of anilines is 1. The van der Waals surface area contributed by atoms with Gasteiger partial charge in [-0.1, -0.05) is 48.0 Å². The maximum absolute atomic E-state index is 13.0. The van der Waals surface area contributed by atoms with Crippen molar-refractivity contribution in [1.29, 1.82) is 0 Å². The molecule has 1 aromatic heterocycles. The first-order valence-electron chi connectivity index (χ1n) is 10.0. The molecule has 3 aromatic carbocycles. The number of nitrogens with zero attached hydrogens (tertiary/aromatic N) is 1. The standard InChI is InChI=1S/C24H19ClN4O4S/c1-34(32,33)29-18-6-4-5-16(13-18)23(30)27-28-24(31)20-14-22(15-9-11-17(25)12-10-15)26-21-8-3-2-7-19(20)21/h2-14,29H,1H3,(H,27,30)(H,28,31). The second kappa shape index (κ2) is 9.50. The first kappa shape index (κ1) is 23.2. The summed E-state index contributed by atoms with van der Waals surface area (Å²) in [5.74, 6) is -1.14. The molecule has 34 heavy (non-hydrogen) atoms. The average molecular weight is 495 g/mol. The number of hydrogen-bond donors (Lipinski definition) is 3. The highest BCUT2D eigenvalue weighted by atomic mass is 35.5. The number of halogens is 1. The Kier molecular flexibility index (Phi) is 6.49. The van der Waals surface area contributed by atoms with Gasteiger partial charge in [0.05, 0.1) is 23.0 Å². The number of benzene rings is 3. The van der Waals surface area contributed by atoms with Crippen LogP contribution in [0.4, 0.5) is 5.69 Å². The van der Waals surface area contributed by atoms with Crippen LogP contribution >= 0.6 is 11.6 Å². The van der Waals surface area contributed by atoms with Gasteiger partial charge in [-0.2, -0.15) is 0 Å². The number of hydrogen-bond acceptors (Lipinski definition) is 5. The number of fused-ring (bicyclic) bond motifs is 1. The summed E-state index contributed by atoms with van der Waals surface area (Å²) in [6.45, 7) is 0. The Bertz CT molecular complexity index is 1510. The highest BCUT2D eigenvalue weighted by Crippen LogP contribution is 2.26. The molecule has 0 spiro atoms.